The van der Waals surface area contributed by atoms with Gasteiger partial charge in [-0.05, 0) is 36.1 Å². The predicted molar refractivity (Wildman–Crippen MR) is 98.9 cm³/mol. The van der Waals surface area contributed by atoms with Crippen LogP contribution in [0.5, 0.6) is 0 Å². The van der Waals surface area contributed by atoms with Crippen molar-refractivity contribution in [3.05, 3.63) is 59.7 Å². The molecule has 0 aromatic heterocycles. The molecule has 2 aromatic carbocycles. The lowest BCUT2D eigenvalue weighted by Crippen LogP contribution is -2.27. The first kappa shape index (κ1) is 18.4. The zero-order valence-electron chi connectivity index (χ0n) is 13.8. The second kappa shape index (κ2) is 7.72. The van der Waals surface area contributed by atoms with Crippen molar-refractivity contribution in [2.24, 2.45) is 0 Å². The summed E-state index contributed by atoms with van der Waals surface area (Å²) < 4.78 is 25.3. The van der Waals surface area contributed by atoms with Crippen LogP contribution in [-0.4, -0.2) is 38.8 Å². The van der Waals surface area contributed by atoms with Gasteiger partial charge in [0.05, 0.1) is 17.5 Å². The van der Waals surface area contributed by atoms with Gasteiger partial charge in [-0.15, -0.1) is 11.8 Å². The minimum absolute atomic E-state index is 0.240. The largest absolute Gasteiger partial charge is 0.337 e. The summed E-state index contributed by atoms with van der Waals surface area (Å²) in [5, 5.41) is 0. The van der Waals surface area contributed by atoms with E-state index in [4.69, 9.17) is 0 Å². The Balaban J connectivity index is 2.18. The number of thioether (sulfide) groups is 1. The third-order valence-electron chi connectivity index (χ3n) is 3.38. The number of nitrogens with zero attached hydrogens (tertiary/aromatic N) is 1. The highest BCUT2D eigenvalue weighted by atomic mass is 32.2. The Morgan fingerprint density at radius 1 is 1.12 bits per heavy atom. The fourth-order valence-electron chi connectivity index (χ4n) is 2.24. The molecule has 5 nitrogen and oxygen atoms in total. The van der Waals surface area contributed by atoms with Crippen molar-refractivity contribution in [3.63, 3.8) is 0 Å². The molecule has 0 atom stereocenters. The number of carbonyl (C=O) groups excluding carboxylic acids is 1. The van der Waals surface area contributed by atoms with Gasteiger partial charge in [0.25, 0.3) is 5.91 Å². The molecular weight excluding hydrogens is 344 g/mol. The summed E-state index contributed by atoms with van der Waals surface area (Å²) in [5.41, 5.74) is 1.62. The first-order valence-corrected chi connectivity index (χ1v) is 10.4. The maximum absolute atomic E-state index is 12.7. The van der Waals surface area contributed by atoms with Gasteiger partial charge in [0.1, 0.15) is 0 Å². The number of amides is 1. The Labute approximate surface area is 147 Å². The molecule has 2 rings (SSSR count). The Hall–Kier alpha value is -1.99. The molecule has 1 N–H and O–H groups in total. The third kappa shape index (κ3) is 5.01. The van der Waals surface area contributed by atoms with Gasteiger partial charge in [-0.2, -0.15) is 0 Å². The highest BCUT2D eigenvalue weighted by Crippen LogP contribution is 2.20. The van der Waals surface area contributed by atoms with Crippen molar-refractivity contribution in [1.29, 1.82) is 0 Å². The molecule has 2 aromatic rings. The molecule has 0 heterocycles. The fourth-order valence-corrected chi connectivity index (χ4v) is 3.23. The van der Waals surface area contributed by atoms with Crippen molar-refractivity contribution in [1.82, 2.24) is 4.90 Å². The Morgan fingerprint density at radius 3 is 2.33 bits per heavy atom. The second-order valence-electron chi connectivity index (χ2n) is 5.43. The van der Waals surface area contributed by atoms with Gasteiger partial charge in [-0.3, -0.25) is 9.52 Å². The predicted octanol–water partition coefficient (Wildman–Crippen LogP) is 3.05. The highest BCUT2D eigenvalue weighted by molar-refractivity contribution is 7.98. The number of rotatable bonds is 6. The molecule has 24 heavy (non-hydrogen) atoms. The summed E-state index contributed by atoms with van der Waals surface area (Å²) in [4.78, 5) is 15.4. The fraction of sp³-hybridized carbons (Fsp3) is 0.235. The van der Waals surface area contributed by atoms with Gasteiger partial charge in [-0.1, -0.05) is 24.3 Å². The molecule has 1 amide bonds. The van der Waals surface area contributed by atoms with Crippen LogP contribution >= 0.6 is 11.8 Å². The van der Waals surface area contributed by atoms with E-state index in [9.17, 15) is 13.2 Å². The van der Waals surface area contributed by atoms with Crippen LogP contribution in [0.4, 0.5) is 5.69 Å². The van der Waals surface area contributed by atoms with E-state index in [1.165, 1.54) is 0 Å². The van der Waals surface area contributed by atoms with Crippen LogP contribution in [0.15, 0.2) is 53.4 Å². The Bertz CT molecular complexity index is 818. The number of carbonyl (C=O) groups is 1. The number of para-hydroxylation sites is 1. The average molecular weight is 364 g/mol. The van der Waals surface area contributed by atoms with Crippen LogP contribution in [0.25, 0.3) is 0 Å². The van der Waals surface area contributed by atoms with E-state index < -0.39 is 10.0 Å². The van der Waals surface area contributed by atoms with Gasteiger partial charge in [0, 0.05) is 18.5 Å². The zero-order chi connectivity index (χ0) is 17.7. The summed E-state index contributed by atoms with van der Waals surface area (Å²) >= 11 is 1.66. The van der Waals surface area contributed by atoms with Crippen molar-refractivity contribution in [2.45, 2.75) is 11.4 Å². The van der Waals surface area contributed by atoms with E-state index in [0.717, 1.165) is 16.7 Å². The summed E-state index contributed by atoms with van der Waals surface area (Å²) in [6, 6.07) is 14.6. The summed E-state index contributed by atoms with van der Waals surface area (Å²) in [6.45, 7) is 0.445. The molecule has 0 aliphatic rings. The normalized spacial score (nSPS) is 11.1. The maximum Gasteiger partial charge on any atom is 0.256 e. The van der Waals surface area contributed by atoms with Crippen LogP contribution in [-0.2, 0) is 16.6 Å². The van der Waals surface area contributed by atoms with Crippen LogP contribution in [0.1, 0.15) is 15.9 Å². The monoisotopic (exact) mass is 364 g/mol. The van der Waals surface area contributed by atoms with Gasteiger partial charge in [0.15, 0.2) is 0 Å². The van der Waals surface area contributed by atoms with Crippen molar-refractivity contribution in [2.75, 3.05) is 24.3 Å². The third-order valence-corrected chi connectivity index (χ3v) is 4.71. The summed E-state index contributed by atoms with van der Waals surface area (Å²) in [7, 11) is -1.75. The Kier molecular flexibility index (Phi) is 5.90. The summed E-state index contributed by atoms with van der Waals surface area (Å²) in [5.74, 6) is -0.240. The lowest BCUT2D eigenvalue weighted by atomic mass is 10.1. The SMILES string of the molecule is CSc1ccc(CN(C)C(=O)c2ccccc2NS(C)(=O)=O)cc1. The topological polar surface area (TPSA) is 66.5 Å². The van der Waals surface area contributed by atoms with Crippen LogP contribution in [0.2, 0.25) is 0 Å². The van der Waals surface area contributed by atoms with Crippen molar-refractivity contribution >= 4 is 33.4 Å². The molecule has 0 aliphatic heterocycles. The second-order valence-corrected chi connectivity index (χ2v) is 8.06. The Morgan fingerprint density at radius 2 is 1.75 bits per heavy atom. The first-order chi connectivity index (χ1) is 11.3. The van der Waals surface area contributed by atoms with Crippen LogP contribution < -0.4 is 4.72 Å². The summed E-state index contributed by atoms with van der Waals surface area (Å²) in [6.07, 6.45) is 3.07. The number of sulfonamides is 1. The molecule has 0 saturated carbocycles. The molecule has 0 spiro atoms. The van der Waals surface area contributed by atoms with Gasteiger partial charge < -0.3 is 4.90 Å². The molecule has 0 fully saturated rings. The van der Waals surface area contributed by atoms with E-state index in [1.807, 2.05) is 30.5 Å². The van der Waals surface area contributed by atoms with E-state index in [1.54, 1.807) is 48.0 Å². The number of benzene rings is 2. The average Bonchev–Trinajstić information content (AvgIpc) is 2.54. The molecule has 0 saturated heterocycles. The van der Waals surface area contributed by atoms with E-state index in [0.29, 0.717) is 12.1 Å². The lowest BCUT2D eigenvalue weighted by molar-refractivity contribution is 0.0786. The molecule has 0 aliphatic carbocycles. The molecule has 0 bridgehead atoms. The quantitative estimate of drug-likeness (QED) is 0.800. The number of hydrogen-bond donors (Lipinski definition) is 1. The van der Waals surface area contributed by atoms with Crippen molar-refractivity contribution in [3.8, 4) is 0 Å². The van der Waals surface area contributed by atoms with E-state index >= 15 is 0 Å². The van der Waals surface area contributed by atoms with Gasteiger partial charge >= 0.3 is 0 Å². The highest BCUT2D eigenvalue weighted by Gasteiger charge is 2.17. The number of nitrogens with one attached hydrogen (secondary N) is 1. The standard InChI is InChI=1S/C17H20N2O3S2/c1-19(12-13-8-10-14(23-2)11-9-13)17(20)15-6-4-5-7-16(15)18-24(3,21)22/h4-11,18H,12H2,1-3H3. The molecular formula is C17H20N2O3S2. The van der Waals surface area contributed by atoms with Crippen LogP contribution in [0, 0.1) is 0 Å². The van der Waals surface area contributed by atoms with E-state index in [-0.39, 0.29) is 11.6 Å². The van der Waals surface area contributed by atoms with Gasteiger partial charge in [0.2, 0.25) is 10.0 Å². The van der Waals surface area contributed by atoms with Gasteiger partial charge in [-0.25, -0.2) is 8.42 Å². The minimum atomic E-state index is -3.45. The maximum atomic E-state index is 12.7. The molecule has 0 unspecified atom stereocenters. The first-order valence-electron chi connectivity index (χ1n) is 7.25. The number of anilines is 1. The number of hydrogen-bond acceptors (Lipinski definition) is 4. The van der Waals surface area contributed by atoms with Crippen molar-refractivity contribution < 1.29 is 13.2 Å². The minimum Gasteiger partial charge on any atom is -0.337 e. The van der Waals surface area contributed by atoms with Crippen LogP contribution in [0.3, 0.4) is 0 Å². The smallest absolute Gasteiger partial charge is 0.256 e. The zero-order valence-corrected chi connectivity index (χ0v) is 15.4. The molecule has 128 valence electrons. The van der Waals surface area contributed by atoms with E-state index in [2.05, 4.69) is 4.72 Å². The lowest BCUT2D eigenvalue weighted by Gasteiger charge is -2.19. The molecule has 7 heteroatoms. The molecule has 0 radical (unpaired) electrons.